The predicted octanol–water partition coefficient (Wildman–Crippen LogP) is 3.67. The fourth-order valence-electron chi connectivity index (χ4n) is 0.695. The molecule has 0 N–H and O–H groups in total. The zero-order valence-electron chi connectivity index (χ0n) is 6.10. The van der Waals surface area contributed by atoms with Crippen molar-refractivity contribution in [3.05, 3.63) is 37.2 Å². The SMILES string of the molecule is c1cc(SSc2ccoc2)co1. The molecule has 0 unspecified atom stereocenters. The molecule has 2 heterocycles. The maximum atomic E-state index is 4.93. The van der Waals surface area contributed by atoms with Gasteiger partial charge in [-0.3, -0.25) is 0 Å². The Morgan fingerprint density at radius 3 is 1.67 bits per heavy atom. The van der Waals surface area contributed by atoms with E-state index < -0.39 is 0 Å². The van der Waals surface area contributed by atoms with E-state index in [4.69, 9.17) is 8.83 Å². The van der Waals surface area contributed by atoms with Gasteiger partial charge in [0.2, 0.25) is 0 Å². The van der Waals surface area contributed by atoms with Crippen LogP contribution in [-0.2, 0) is 0 Å². The minimum Gasteiger partial charge on any atom is -0.471 e. The van der Waals surface area contributed by atoms with Gasteiger partial charge in [-0.15, -0.1) is 0 Å². The Morgan fingerprint density at radius 1 is 0.833 bits per heavy atom. The molecule has 0 aliphatic rings. The van der Waals surface area contributed by atoms with Gasteiger partial charge in [0, 0.05) is 0 Å². The lowest BCUT2D eigenvalue weighted by atomic mass is 10.7. The fourth-order valence-corrected chi connectivity index (χ4v) is 2.45. The van der Waals surface area contributed by atoms with Gasteiger partial charge >= 0.3 is 0 Å². The molecular formula is C8H6O2S2. The maximum Gasteiger partial charge on any atom is 0.105 e. The van der Waals surface area contributed by atoms with Gasteiger partial charge in [-0.25, -0.2) is 0 Å². The summed E-state index contributed by atoms with van der Waals surface area (Å²) in [6, 6.07) is 3.86. The summed E-state index contributed by atoms with van der Waals surface area (Å²) in [5, 5.41) is 0. The molecule has 0 bridgehead atoms. The van der Waals surface area contributed by atoms with E-state index in [1.807, 2.05) is 12.1 Å². The lowest BCUT2D eigenvalue weighted by Crippen LogP contribution is -1.56. The van der Waals surface area contributed by atoms with E-state index in [0.717, 1.165) is 9.79 Å². The number of furan rings is 2. The molecule has 0 aliphatic heterocycles. The van der Waals surface area contributed by atoms with Gasteiger partial charge in [0.1, 0.15) is 12.5 Å². The van der Waals surface area contributed by atoms with Gasteiger partial charge < -0.3 is 8.83 Å². The van der Waals surface area contributed by atoms with Crippen molar-refractivity contribution in [2.45, 2.75) is 9.79 Å². The van der Waals surface area contributed by atoms with Gasteiger partial charge in [-0.1, -0.05) is 0 Å². The second kappa shape index (κ2) is 3.78. The second-order valence-electron chi connectivity index (χ2n) is 2.08. The standard InChI is InChI=1S/C8H6O2S2/c1-3-9-5-7(1)11-12-8-2-4-10-6-8/h1-6H. The highest BCUT2D eigenvalue weighted by molar-refractivity contribution is 8.76. The van der Waals surface area contributed by atoms with E-state index >= 15 is 0 Å². The molecule has 0 atom stereocenters. The van der Waals surface area contributed by atoms with E-state index in [1.54, 1.807) is 46.6 Å². The van der Waals surface area contributed by atoms with Crippen molar-refractivity contribution in [2.24, 2.45) is 0 Å². The molecule has 0 radical (unpaired) electrons. The number of hydrogen-bond donors (Lipinski definition) is 0. The fraction of sp³-hybridized carbons (Fsp3) is 0. The van der Waals surface area contributed by atoms with Crippen LogP contribution >= 0.6 is 21.6 Å². The predicted molar refractivity (Wildman–Crippen MR) is 49.1 cm³/mol. The van der Waals surface area contributed by atoms with Crippen molar-refractivity contribution in [1.29, 1.82) is 0 Å². The highest BCUT2D eigenvalue weighted by Crippen LogP contribution is 2.37. The topological polar surface area (TPSA) is 26.3 Å². The third-order valence-electron chi connectivity index (χ3n) is 1.22. The zero-order chi connectivity index (χ0) is 8.23. The first-order valence-corrected chi connectivity index (χ1v) is 5.49. The molecule has 0 fully saturated rings. The van der Waals surface area contributed by atoms with E-state index in [1.165, 1.54) is 0 Å². The third-order valence-corrected chi connectivity index (χ3v) is 3.56. The number of rotatable bonds is 3. The van der Waals surface area contributed by atoms with Gasteiger partial charge in [0.15, 0.2) is 0 Å². The molecule has 12 heavy (non-hydrogen) atoms. The summed E-state index contributed by atoms with van der Waals surface area (Å²) < 4.78 is 9.85. The van der Waals surface area contributed by atoms with Crippen LogP contribution in [0.25, 0.3) is 0 Å². The second-order valence-corrected chi connectivity index (χ2v) is 4.36. The van der Waals surface area contributed by atoms with Crippen LogP contribution in [0.15, 0.2) is 55.8 Å². The van der Waals surface area contributed by atoms with E-state index in [0.29, 0.717) is 0 Å². The third kappa shape index (κ3) is 1.89. The van der Waals surface area contributed by atoms with Crippen molar-refractivity contribution in [3.63, 3.8) is 0 Å². The Labute approximate surface area is 77.7 Å². The molecule has 0 aromatic carbocycles. The normalized spacial score (nSPS) is 10.3. The van der Waals surface area contributed by atoms with Crippen molar-refractivity contribution >= 4 is 21.6 Å². The highest BCUT2D eigenvalue weighted by Gasteiger charge is 1.98. The smallest absolute Gasteiger partial charge is 0.105 e. The Morgan fingerprint density at radius 2 is 1.33 bits per heavy atom. The molecule has 2 nitrogen and oxygen atoms in total. The summed E-state index contributed by atoms with van der Waals surface area (Å²) in [5.74, 6) is 0. The van der Waals surface area contributed by atoms with Gasteiger partial charge in [-0.05, 0) is 33.7 Å². The van der Waals surface area contributed by atoms with E-state index in [2.05, 4.69) is 0 Å². The molecule has 4 heteroatoms. The minimum atomic E-state index is 1.11. The summed E-state index contributed by atoms with van der Waals surface area (Å²) in [4.78, 5) is 2.22. The van der Waals surface area contributed by atoms with Crippen LogP contribution in [0.2, 0.25) is 0 Å². The first kappa shape index (κ1) is 7.89. The van der Waals surface area contributed by atoms with Crippen LogP contribution in [0.4, 0.5) is 0 Å². The Bertz CT molecular complexity index is 278. The van der Waals surface area contributed by atoms with Crippen molar-refractivity contribution in [2.75, 3.05) is 0 Å². The quantitative estimate of drug-likeness (QED) is 0.703. The lowest BCUT2D eigenvalue weighted by Gasteiger charge is -1.90. The summed E-state index contributed by atoms with van der Waals surface area (Å²) >= 11 is 0. The molecule has 62 valence electrons. The van der Waals surface area contributed by atoms with Crippen LogP contribution in [0.5, 0.6) is 0 Å². The largest absolute Gasteiger partial charge is 0.471 e. The first-order valence-electron chi connectivity index (χ1n) is 3.34. The van der Waals surface area contributed by atoms with E-state index in [-0.39, 0.29) is 0 Å². The maximum absolute atomic E-state index is 4.93. The molecule has 2 aromatic rings. The summed E-state index contributed by atoms with van der Waals surface area (Å²) in [5.41, 5.74) is 0. The van der Waals surface area contributed by atoms with Crippen molar-refractivity contribution < 1.29 is 8.83 Å². The molecule has 2 aromatic heterocycles. The van der Waals surface area contributed by atoms with Crippen LogP contribution in [0.3, 0.4) is 0 Å². The summed E-state index contributed by atoms with van der Waals surface area (Å²) in [7, 11) is 3.30. The Hall–Kier alpha value is -0.740. The minimum absolute atomic E-state index is 1.11. The average Bonchev–Trinajstić information content (AvgIpc) is 2.74. The number of hydrogen-bond acceptors (Lipinski definition) is 4. The van der Waals surface area contributed by atoms with Crippen molar-refractivity contribution in [3.8, 4) is 0 Å². The Balaban J connectivity index is 1.91. The molecular weight excluding hydrogens is 192 g/mol. The van der Waals surface area contributed by atoms with Gasteiger partial charge in [-0.2, -0.15) is 0 Å². The summed E-state index contributed by atoms with van der Waals surface area (Å²) in [6.45, 7) is 0. The average molecular weight is 198 g/mol. The Kier molecular flexibility index (Phi) is 2.48. The van der Waals surface area contributed by atoms with E-state index in [9.17, 15) is 0 Å². The summed E-state index contributed by atoms with van der Waals surface area (Å²) in [6.07, 6.45) is 6.77. The molecule has 0 spiro atoms. The molecule has 0 saturated heterocycles. The van der Waals surface area contributed by atoms with Gasteiger partial charge in [0.05, 0.1) is 22.3 Å². The molecule has 0 amide bonds. The van der Waals surface area contributed by atoms with Crippen LogP contribution < -0.4 is 0 Å². The molecule has 0 saturated carbocycles. The van der Waals surface area contributed by atoms with Crippen LogP contribution in [0, 0.1) is 0 Å². The van der Waals surface area contributed by atoms with Crippen LogP contribution in [-0.4, -0.2) is 0 Å². The van der Waals surface area contributed by atoms with Crippen molar-refractivity contribution in [1.82, 2.24) is 0 Å². The van der Waals surface area contributed by atoms with Gasteiger partial charge in [0.25, 0.3) is 0 Å². The lowest BCUT2D eigenvalue weighted by molar-refractivity contribution is 0.561. The monoisotopic (exact) mass is 198 g/mol. The highest BCUT2D eigenvalue weighted by atomic mass is 33.1. The zero-order valence-corrected chi connectivity index (χ0v) is 7.73. The van der Waals surface area contributed by atoms with Crippen LogP contribution in [0.1, 0.15) is 0 Å². The molecule has 0 aliphatic carbocycles. The molecule has 2 rings (SSSR count). The first-order chi connectivity index (χ1) is 5.95.